The number of hydrogen-bond donors (Lipinski definition) is 8. The molecule has 0 bridgehead atoms. The Bertz CT molecular complexity index is 894. The zero-order valence-electron chi connectivity index (χ0n) is 24.3. The van der Waals surface area contributed by atoms with Crippen LogP contribution in [0.25, 0.3) is 0 Å². The van der Waals surface area contributed by atoms with Gasteiger partial charge in [-0.2, -0.15) is 0 Å². The van der Waals surface area contributed by atoms with E-state index < -0.39 is 89.0 Å². The number of aliphatic hydroxyl groups excluding tert-OH is 2. The first-order chi connectivity index (χ1) is 19.6. The lowest BCUT2D eigenvalue weighted by molar-refractivity contribution is -0.229. The van der Waals surface area contributed by atoms with Gasteiger partial charge in [0.2, 0.25) is 0 Å². The molecule has 42 heavy (non-hydrogen) atoms. The maximum absolute atomic E-state index is 11.5. The van der Waals surface area contributed by atoms with Gasteiger partial charge in [0.25, 0.3) is 0 Å². The molecule has 2 aliphatic rings. The lowest BCUT2D eigenvalue weighted by Crippen LogP contribution is -2.71. The average molecular weight is 657 g/mol. The van der Waals surface area contributed by atoms with Gasteiger partial charge in [-0.15, -0.1) is 0 Å². The molecule has 0 aromatic carbocycles. The normalized spacial score (nSPS) is 36.3. The van der Waals surface area contributed by atoms with E-state index in [2.05, 4.69) is 19.7 Å². The molecule has 2 aliphatic heterocycles. The number of methoxy groups -OCH3 is 3. The molecule has 2 fully saturated rings. The number of rotatable bonds is 18. The zero-order chi connectivity index (χ0) is 31.7. The molecule has 10 unspecified atom stereocenters. The molecule has 250 valence electrons. The molecule has 20 heteroatoms. The first-order valence-electron chi connectivity index (χ1n) is 13.2. The summed E-state index contributed by atoms with van der Waals surface area (Å²) in [6, 6.07) is -0.651. The van der Waals surface area contributed by atoms with Crippen molar-refractivity contribution in [3.8, 4) is 0 Å². The highest BCUT2D eigenvalue weighted by Gasteiger charge is 2.53. The molecule has 2 rings (SSSR count). The first kappa shape index (κ1) is 38.0. The molecule has 2 heterocycles. The molecule has 0 aromatic rings. The molecule has 10 atom stereocenters. The van der Waals surface area contributed by atoms with Crippen LogP contribution in [0, 0.1) is 11.8 Å². The van der Waals surface area contributed by atoms with Crippen LogP contribution in [0.1, 0.15) is 6.92 Å². The monoisotopic (exact) mass is 656 g/mol. The van der Waals surface area contributed by atoms with Crippen LogP contribution in [0.5, 0.6) is 0 Å². The van der Waals surface area contributed by atoms with Gasteiger partial charge in [0.1, 0.15) is 12.8 Å². The summed E-state index contributed by atoms with van der Waals surface area (Å²) in [5.41, 5.74) is -1.30. The van der Waals surface area contributed by atoms with E-state index in [0.29, 0.717) is 0 Å². The van der Waals surface area contributed by atoms with Gasteiger partial charge in [-0.1, -0.05) is 0 Å². The summed E-state index contributed by atoms with van der Waals surface area (Å²) in [5, 5.41) is 28.3. The molecule has 0 aromatic heterocycles. The average Bonchev–Trinajstić information content (AvgIpc) is 2.88. The van der Waals surface area contributed by atoms with Crippen molar-refractivity contribution in [2.45, 2.75) is 55.1 Å². The van der Waals surface area contributed by atoms with Crippen molar-refractivity contribution < 1.29 is 76.4 Å². The van der Waals surface area contributed by atoms with E-state index in [0.717, 1.165) is 0 Å². The summed E-state index contributed by atoms with van der Waals surface area (Å²) in [5.74, 6) is -1.39. The van der Waals surface area contributed by atoms with E-state index in [1.54, 1.807) is 14.0 Å². The number of phosphoric ester groups is 2. The van der Waals surface area contributed by atoms with E-state index in [1.165, 1.54) is 21.3 Å². The van der Waals surface area contributed by atoms with Crippen molar-refractivity contribution in [1.82, 2.24) is 10.6 Å². The van der Waals surface area contributed by atoms with Crippen molar-refractivity contribution in [2.24, 2.45) is 11.8 Å². The van der Waals surface area contributed by atoms with Gasteiger partial charge in [0.15, 0.2) is 0 Å². The highest BCUT2D eigenvalue weighted by molar-refractivity contribution is 7.46. The van der Waals surface area contributed by atoms with Crippen LogP contribution < -0.4 is 10.6 Å². The largest absolute Gasteiger partial charge is 0.470 e. The second-order valence-corrected chi connectivity index (χ2v) is 12.8. The summed E-state index contributed by atoms with van der Waals surface area (Å²) < 4.78 is 65.6. The van der Waals surface area contributed by atoms with Crippen LogP contribution in [-0.2, 0) is 46.6 Å². The molecule has 0 spiro atoms. The maximum Gasteiger partial charge on any atom is 0.470 e. The van der Waals surface area contributed by atoms with Crippen LogP contribution in [0.4, 0.5) is 0 Å². The van der Waals surface area contributed by atoms with Crippen LogP contribution in [0.2, 0.25) is 0 Å². The number of nitrogens with one attached hydrogen (secondary N) is 2. The Kier molecular flexibility index (Phi) is 15.3. The highest BCUT2D eigenvalue weighted by atomic mass is 31.2. The third-order valence-electron chi connectivity index (χ3n) is 7.57. The van der Waals surface area contributed by atoms with Crippen molar-refractivity contribution in [2.75, 3.05) is 74.7 Å². The fourth-order valence-corrected chi connectivity index (χ4v) is 5.91. The standard InChI is InChI=1S/C22H46N2O16P2/c1-22(24-12-38-42(30,31)32)18(11-35-5)40-15(8-34-4)14(21(22)26)7-36-9-17-19(23-2)20(25)13(6-33-3)16(39-17)10-37-41(27,28)29/h13-21,23-26H,6-12H2,1-5H3,(H2,27,28,29)(H2,30,31,32). The fraction of sp³-hybridized carbons (Fsp3) is 1.00. The minimum atomic E-state index is -4.81. The van der Waals surface area contributed by atoms with E-state index in [9.17, 15) is 19.3 Å². The minimum absolute atomic E-state index is 0.0304. The Morgan fingerprint density at radius 1 is 0.762 bits per heavy atom. The molecular weight excluding hydrogens is 610 g/mol. The smallest absolute Gasteiger partial charge is 0.391 e. The van der Waals surface area contributed by atoms with E-state index in [-0.39, 0.29) is 33.0 Å². The second kappa shape index (κ2) is 16.9. The molecule has 0 saturated carbocycles. The van der Waals surface area contributed by atoms with Crippen molar-refractivity contribution in [3.63, 3.8) is 0 Å². The van der Waals surface area contributed by atoms with Crippen LogP contribution in [0.15, 0.2) is 0 Å². The van der Waals surface area contributed by atoms with Gasteiger partial charge in [0.05, 0.1) is 81.7 Å². The van der Waals surface area contributed by atoms with Crippen LogP contribution in [-0.4, -0.2) is 153 Å². The van der Waals surface area contributed by atoms with Gasteiger partial charge >= 0.3 is 15.6 Å². The Labute approximate surface area is 244 Å². The van der Waals surface area contributed by atoms with E-state index in [4.69, 9.17) is 48.0 Å². The lowest BCUT2D eigenvalue weighted by atomic mass is 9.76. The SMILES string of the molecule is CNC1C(COCC2C(COC)OC(COC)C(C)(NCOP(=O)(O)O)C2O)OC(COP(=O)(O)O)C(COC)C1O. The summed E-state index contributed by atoms with van der Waals surface area (Å²) >= 11 is 0. The third kappa shape index (κ3) is 10.7. The quantitative estimate of drug-likeness (QED) is 0.0562. The second-order valence-electron chi connectivity index (χ2n) is 10.4. The predicted molar refractivity (Wildman–Crippen MR) is 143 cm³/mol. The summed E-state index contributed by atoms with van der Waals surface area (Å²) in [6.07, 6.45) is -5.44. The molecule has 8 N–H and O–H groups in total. The third-order valence-corrected chi connectivity index (χ3v) is 8.52. The Balaban J connectivity index is 2.19. The van der Waals surface area contributed by atoms with Crippen LogP contribution >= 0.6 is 15.6 Å². The van der Waals surface area contributed by atoms with Gasteiger partial charge in [0, 0.05) is 33.2 Å². The van der Waals surface area contributed by atoms with Gasteiger partial charge < -0.3 is 63.5 Å². The predicted octanol–water partition coefficient (Wildman–Crippen LogP) is -2.46. The molecular formula is C22H46N2O16P2. The fourth-order valence-electron chi connectivity index (χ4n) is 5.34. The van der Waals surface area contributed by atoms with E-state index in [1.807, 2.05) is 0 Å². The van der Waals surface area contributed by atoms with Crippen molar-refractivity contribution in [3.05, 3.63) is 0 Å². The molecule has 0 radical (unpaired) electrons. The van der Waals surface area contributed by atoms with E-state index >= 15 is 0 Å². The Morgan fingerprint density at radius 2 is 1.36 bits per heavy atom. The lowest BCUT2D eigenvalue weighted by Gasteiger charge is -2.51. The summed E-state index contributed by atoms with van der Waals surface area (Å²) in [7, 11) is -3.67. The van der Waals surface area contributed by atoms with Crippen LogP contribution in [0.3, 0.4) is 0 Å². The number of aliphatic hydroxyl groups is 2. The number of phosphoric acid groups is 2. The van der Waals surface area contributed by atoms with Gasteiger partial charge in [-0.3, -0.25) is 14.4 Å². The summed E-state index contributed by atoms with van der Waals surface area (Å²) in [4.78, 5) is 36.5. The molecule has 2 saturated heterocycles. The Morgan fingerprint density at radius 3 is 1.90 bits per heavy atom. The Hall–Kier alpha value is -0.180. The van der Waals surface area contributed by atoms with Crippen molar-refractivity contribution >= 4 is 15.6 Å². The molecule has 0 amide bonds. The topological polar surface area (TPSA) is 253 Å². The highest BCUT2D eigenvalue weighted by Crippen LogP contribution is 2.39. The van der Waals surface area contributed by atoms with Gasteiger partial charge in [-0.05, 0) is 14.0 Å². The number of likely N-dealkylation sites (N-methyl/N-ethyl adjacent to an activating group) is 1. The first-order valence-corrected chi connectivity index (χ1v) is 16.2. The number of ether oxygens (including phenoxy) is 6. The maximum atomic E-state index is 11.5. The minimum Gasteiger partial charge on any atom is -0.391 e. The summed E-state index contributed by atoms with van der Waals surface area (Å²) in [6.45, 7) is 0.443. The molecule has 18 nitrogen and oxygen atoms in total. The number of hydrogen-bond acceptors (Lipinski definition) is 14. The molecule has 0 aliphatic carbocycles. The van der Waals surface area contributed by atoms with Crippen molar-refractivity contribution in [1.29, 1.82) is 0 Å². The zero-order valence-corrected chi connectivity index (χ0v) is 26.1. The van der Waals surface area contributed by atoms with Gasteiger partial charge in [-0.25, -0.2) is 9.13 Å².